The van der Waals surface area contributed by atoms with E-state index in [2.05, 4.69) is 22.0 Å². The molecular weight excluding hydrogens is 515 g/mol. The Morgan fingerprint density at radius 1 is 1.13 bits per heavy atom. The van der Waals surface area contributed by atoms with Crippen molar-refractivity contribution < 1.29 is 23.8 Å². The monoisotopic (exact) mass is 554 g/mol. The van der Waals surface area contributed by atoms with Gasteiger partial charge in [-0.2, -0.15) is 0 Å². The summed E-state index contributed by atoms with van der Waals surface area (Å²) in [4.78, 5) is 19.4. The third-order valence-corrected chi connectivity index (χ3v) is 8.82. The van der Waals surface area contributed by atoms with Gasteiger partial charge < -0.3 is 19.5 Å². The van der Waals surface area contributed by atoms with E-state index in [1.807, 2.05) is 42.1 Å². The molecule has 4 rings (SSSR count). The van der Waals surface area contributed by atoms with Gasteiger partial charge in [0, 0.05) is 29.4 Å². The van der Waals surface area contributed by atoms with Crippen LogP contribution < -0.4 is 9.47 Å². The van der Waals surface area contributed by atoms with E-state index >= 15 is 4.39 Å². The van der Waals surface area contributed by atoms with Gasteiger partial charge in [-0.1, -0.05) is 6.07 Å². The Hall–Kier alpha value is -2.84. The van der Waals surface area contributed by atoms with E-state index in [0.29, 0.717) is 30.1 Å². The van der Waals surface area contributed by atoms with Crippen LogP contribution in [0, 0.1) is 11.8 Å². The number of hydrogen-bond donors (Lipinski definition) is 1. The Kier molecular flexibility index (Phi) is 10.9. The molecule has 0 unspecified atom stereocenters. The number of aliphatic carboxylic acids is 1. The number of thioether (sulfide) groups is 1. The van der Waals surface area contributed by atoms with Crippen LogP contribution >= 0.6 is 11.8 Å². The maximum atomic E-state index is 15.6. The van der Waals surface area contributed by atoms with Crippen LogP contribution in [-0.2, 0) is 4.79 Å². The lowest BCUT2D eigenvalue weighted by atomic mass is 9.79. The number of pyridine rings is 1. The number of ether oxygens (including phenoxy) is 2. The van der Waals surface area contributed by atoms with E-state index in [1.165, 1.54) is 4.90 Å². The minimum Gasteiger partial charge on any atom is -0.497 e. The zero-order valence-corrected chi connectivity index (χ0v) is 23.7. The number of alkyl halides is 1. The Balaban J connectivity index is 1.31. The number of carboxylic acid groups (broad SMARTS) is 1. The maximum Gasteiger partial charge on any atom is 0.303 e. The Labute approximate surface area is 234 Å². The second-order valence-electron chi connectivity index (χ2n) is 10.3. The number of rotatable bonds is 14. The van der Waals surface area contributed by atoms with Crippen LogP contribution in [0.25, 0.3) is 10.9 Å². The fourth-order valence-corrected chi connectivity index (χ4v) is 6.49. The van der Waals surface area contributed by atoms with Gasteiger partial charge in [0.2, 0.25) is 0 Å². The van der Waals surface area contributed by atoms with Gasteiger partial charge in [-0.25, -0.2) is 4.39 Å². The van der Waals surface area contributed by atoms with E-state index in [1.54, 1.807) is 26.5 Å². The van der Waals surface area contributed by atoms with Crippen LogP contribution in [0.4, 0.5) is 4.39 Å². The van der Waals surface area contributed by atoms with Crippen LogP contribution in [0.2, 0.25) is 0 Å². The summed E-state index contributed by atoms with van der Waals surface area (Å²) in [6.45, 7) is 2.85. The molecule has 3 aromatic rings. The molecule has 0 bridgehead atoms. The molecule has 1 fully saturated rings. The minimum absolute atomic E-state index is 0.161. The molecule has 8 heteroatoms. The van der Waals surface area contributed by atoms with Crippen molar-refractivity contribution in [2.75, 3.05) is 39.6 Å². The second kappa shape index (κ2) is 14.5. The topological polar surface area (TPSA) is 71.9 Å². The lowest BCUT2D eigenvalue weighted by molar-refractivity contribution is -0.137. The summed E-state index contributed by atoms with van der Waals surface area (Å²) >= 11 is 1.83. The van der Waals surface area contributed by atoms with Crippen molar-refractivity contribution in [2.45, 2.75) is 49.6 Å². The van der Waals surface area contributed by atoms with Crippen molar-refractivity contribution in [3.05, 3.63) is 60.3 Å². The number of carbonyl (C=O) groups is 1. The smallest absolute Gasteiger partial charge is 0.303 e. The summed E-state index contributed by atoms with van der Waals surface area (Å²) < 4.78 is 26.2. The normalized spacial score (nSPS) is 18.6. The van der Waals surface area contributed by atoms with Crippen molar-refractivity contribution in [3.63, 3.8) is 0 Å². The second-order valence-corrected chi connectivity index (χ2v) is 11.4. The molecule has 3 atom stereocenters. The summed E-state index contributed by atoms with van der Waals surface area (Å²) in [5.41, 5.74) is 1.40. The number of methoxy groups -OCH3 is 2. The molecule has 0 amide bonds. The highest BCUT2D eigenvalue weighted by Crippen LogP contribution is 2.36. The van der Waals surface area contributed by atoms with Crippen molar-refractivity contribution in [1.82, 2.24) is 9.88 Å². The molecule has 0 saturated carbocycles. The zero-order valence-electron chi connectivity index (χ0n) is 22.9. The van der Waals surface area contributed by atoms with E-state index in [-0.39, 0.29) is 12.3 Å². The molecule has 1 N–H and O–H groups in total. The predicted octanol–water partition coefficient (Wildman–Crippen LogP) is 7.03. The Morgan fingerprint density at radius 2 is 1.95 bits per heavy atom. The first-order valence-electron chi connectivity index (χ1n) is 13.7. The van der Waals surface area contributed by atoms with Crippen molar-refractivity contribution in [3.8, 4) is 11.5 Å². The first kappa shape index (κ1) is 29.2. The first-order valence-corrected chi connectivity index (χ1v) is 14.7. The van der Waals surface area contributed by atoms with E-state index in [4.69, 9.17) is 9.47 Å². The third kappa shape index (κ3) is 8.32. The number of halogens is 1. The van der Waals surface area contributed by atoms with Crippen molar-refractivity contribution in [2.24, 2.45) is 11.8 Å². The fraction of sp³-hybridized carbons (Fsp3) is 0.484. The predicted molar refractivity (Wildman–Crippen MR) is 155 cm³/mol. The number of hydrogen-bond acceptors (Lipinski definition) is 6. The quantitative estimate of drug-likeness (QED) is 0.169. The van der Waals surface area contributed by atoms with Gasteiger partial charge in [0.25, 0.3) is 0 Å². The summed E-state index contributed by atoms with van der Waals surface area (Å²) in [7, 11) is 3.29. The molecule has 1 saturated heterocycles. The Morgan fingerprint density at radius 3 is 2.74 bits per heavy atom. The largest absolute Gasteiger partial charge is 0.497 e. The number of benzene rings is 2. The molecule has 39 heavy (non-hydrogen) atoms. The van der Waals surface area contributed by atoms with Crippen LogP contribution in [0.3, 0.4) is 0 Å². The van der Waals surface area contributed by atoms with Crippen molar-refractivity contribution >= 4 is 28.6 Å². The average molecular weight is 555 g/mol. The van der Waals surface area contributed by atoms with Gasteiger partial charge in [-0.05, 0) is 111 Å². The maximum absolute atomic E-state index is 15.6. The molecule has 6 nitrogen and oxygen atoms in total. The van der Waals surface area contributed by atoms with Crippen LogP contribution in [-0.4, -0.2) is 60.6 Å². The number of aromatic nitrogens is 1. The van der Waals surface area contributed by atoms with Gasteiger partial charge in [-0.3, -0.25) is 9.78 Å². The first-order chi connectivity index (χ1) is 19.0. The standard InChI is InChI=1S/C31H39FN2O4S/c1-37-24-5-3-6-26(19-24)39-18-4-16-34-17-14-22(23(21-34)8-12-31(35)36)7-10-29(32)27-13-15-33-30-11-9-25(38-2)20-28(27)30/h3,5-6,9,11,13,15,19-20,22-23,29H,4,7-8,10,12,14,16-18,21H2,1-2H3,(H,35,36)/t22-,23-,29-/m1/s1. The molecule has 0 radical (unpaired) electrons. The van der Waals surface area contributed by atoms with E-state index < -0.39 is 12.1 Å². The average Bonchev–Trinajstić information content (AvgIpc) is 2.96. The molecule has 0 spiro atoms. The highest BCUT2D eigenvalue weighted by molar-refractivity contribution is 7.99. The summed E-state index contributed by atoms with van der Waals surface area (Å²) in [5.74, 6) is 2.40. The molecule has 2 heterocycles. The van der Waals surface area contributed by atoms with Gasteiger partial charge in [0.1, 0.15) is 17.7 Å². The Bertz CT molecular complexity index is 1230. The molecule has 2 aromatic carbocycles. The molecule has 1 aliphatic rings. The van der Waals surface area contributed by atoms with Gasteiger partial charge in [-0.15, -0.1) is 11.8 Å². The number of fused-ring (bicyclic) bond motifs is 1. The molecule has 1 aliphatic heterocycles. The number of nitrogens with zero attached hydrogens (tertiary/aromatic N) is 2. The fourth-order valence-electron chi connectivity index (χ4n) is 5.61. The molecule has 1 aromatic heterocycles. The molecule has 0 aliphatic carbocycles. The van der Waals surface area contributed by atoms with Gasteiger partial charge in [0.05, 0.1) is 19.7 Å². The van der Waals surface area contributed by atoms with Crippen LogP contribution in [0.15, 0.2) is 59.6 Å². The third-order valence-electron chi connectivity index (χ3n) is 7.74. The molecular formula is C31H39FN2O4S. The number of piperidine rings is 1. The lowest BCUT2D eigenvalue weighted by Gasteiger charge is -2.39. The SMILES string of the molecule is COc1cccc(SCCCN2CC[C@@H](CC[C@@H](F)c3ccnc4ccc(OC)cc34)[C@H](CCC(=O)O)C2)c1. The van der Waals surface area contributed by atoms with Crippen LogP contribution in [0.5, 0.6) is 11.5 Å². The highest BCUT2D eigenvalue weighted by Gasteiger charge is 2.30. The highest BCUT2D eigenvalue weighted by atomic mass is 32.2. The van der Waals surface area contributed by atoms with Gasteiger partial charge >= 0.3 is 5.97 Å². The summed E-state index contributed by atoms with van der Waals surface area (Å²) in [6.07, 6.45) is 4.57. The van der Waals surface area contributed by atoms with E-state index in [0.717, 1.165) is 61.3 Å². The van der Waals surface area contributed by atoms with Crippen molar-refractivity contribution in [1.29, 1.82) is 0 Å². The zero-order chi connectivity index (χ0) is 27.6. The van der Waals surface area contributed by atoms with E-state index in [9.17, 15) is 9.90 Å². The minimum atomic E-state index is -1.10. The van der Waals surface area contributed by atoms with Gasteiger partial charge in [0.15, 0.2) is 0 Å². The number of likely N-dealkylation sites (tertiary alicyclic amines) is 1. The lowest BCUT2D eigenvalue weighted by Crippen LogP contribution is -2.41. The van der Waals surface area contributed by atoms with Crippen LogP contribution in [0.1, 0.15) is 50.3 Å². The summed E-state index contributed by atoms with van der Waals surface area (Å²) in [5, 5.41) is 10.1. The summed E-state index contributed by atoms with van der Waals surface area (Å²) in [6, 6.07) is 15.4. The molecule has 210 valence electrons. The number of carboxylic acids is 1.